The second-order valence-corrected chi connectivity index (χ2v) is 9.71. The lowest BCUT2D eigenvalue weighted by Gasteiger charge is -2.17. The minimum atomic E-state index is 0.164. The van der Waals surface area contributed by atoms with Gasteiger partial charge in [0, 0.05) is 43.2 Å². The van der Waals surface area contributed by atoms with Gasteiger partial charge in [-0.25, -0.2) is 19.9 Å². The standard InChI is InChI=1S/C29H27N7O2/c1-17-14-23(37)36(15-17)21-8-4-20(5-9-21)26-24(25-27(30)32-16-33-28(25)35(26)3)19-6-10-22(11-7-19)38-29-31-13-12-18(2)34-29/h4-13,16-17H,14-15H2,1-3H3,(H2,30,32,33)/t17-/m1/s1. The molecule has 9 nitrogen and oxygen atoms in total. The van der Waals surface area contributed by atoms with Gasteiger partial charge in [0.1, 0.15) is 23.5 Å². The molecule has 0 saturated carbocycles. The molecule has 6 rings (SSSR count). The Morgan fingerprint density at radius 2 is 1.71 bits per heavy atom. The Bertz CT molecular complexity index is 1660. The van der Waals surface area contributed by atoms with Gasteiger partial charge < -0.3 is 19.9 Å². The number of aryl methyl sites for hydroxylation is 2. The maximum atomic E-state index is 12.4. The molecule has 5 aromatic rings. The molecule has 9 heteroatoms. The molecule has 3 aromatic heterocycles. The van der Waals surface area contributed by atoms with E-state index in [1.165, 1.54) is 6.33 Å². The van der Waals surface area contributed by atoms with E-state index >= 15 is 0 Å². The minimum Gasteiger partial charge on any atom is -0.424 e. The van der Waals surface area contributed by atoms with E-state index in [2.05, 4.69) is 26.9 Å². The van der Waals surface area contributed by atoms with E-state index in [0.717, 1.165) is 51.3 Å². The Morgan fingerprint density at radius 1 is 0.974 bits per heavy atom. The van der Waals surface area contributed by atoms with Gasteiger partial charge in [0.15, 0.2) is 0 Å². The second kappa shape index (κ2) is 9.26. The van der Waals surface area contributed by atoms with Crippen molar-refractivity contribution < 1.29 is 9.53 Å². The van der Waals surface area contributed by atoms with Crippen LogP contribution in [0.3, 0.4) is 0 Å². The fraction of sp³-hybridized carbons (Fsp3) is 0.207. The monoisotopic (exact) mass is 505 g/mol. The highest BCUT2D eigenvalue weighted by molar-refractivity contribution is 6.08. The molecule has 0 spiro atoms. The molecule has 1 fully saturated rings. The second-order valence-electron chi connectivity index (χ2n) is 9.71. The number of benzene rings is 2. The zero-order valence-corrected chi connectivity index (χ0v) is 21.4. The van der Waals surface area contributed by atoms with Crippen molar-refractivity contribution in [3.05, 3.63) is 72.8 Å². The van der Waals surface area contributed by atoms with Gasteiger partial charge in [-0.15, -0.1) is 0 Å². The van der Waals surface area contributed by atoms with Crippen LogP contribution in [0.2, 0.25) is 0 Å². The summed E-state index contributed by atoms with van der Waals surface area (Å²) >= 11 is 0. The minimum absolute atomic E-state index is 0.164. The van der Waals surface area contributed by atoms with Crippen LogP contribution in [0, 0.1) is 12.8 Å². The average molecular weight is 506 g/mol. The summed E-state index contributed by atoms with van der Waals surface area (Å²) in [6, 6.07) is 17.9. The first-order valence-corrected chi connectivity index (χ1v) is 12.5. The summed E-state index contributed by atoms with van der Waals surface area (Å²) in [5.41, 5.74) is 12.7. The topological polar surface area (TPSA) is 112 Å². The number of rotatable bonds is 5. The number of amides is 1. The van der Waals surface area contributed by atoms with Crippen LogP contribution in [0.15, 0.2) is 67.1 Å². The van der Waals surface area contributed by atoms with Gasteiger partial charge in [0.2, 0.25) is 5.91 Å². The summed E-state index contributed by atoms with van der Waals surface area (Å²) in [6.45, 7) is 4.73. The molecule has 190 valence electrons. The first-order chi connectivity index (χ1) is 18.4. The normalized spacial score (nSPS) is 15.4. The predicted octanol–water partition coefficient (Wildman–Crippen LogP) is 5.15. The molecule has 1 amide bonds. The molecule has 1 saturated heterocycles. The molecule has 2 N–H and O–H groups in total. The molecule has 0 bridgehead atoms. The van der Waals surface area contributed by atoms with Gasteiger partial charge in [0.05, 0.1) is 11.1 Å². The van der Waals surface area contributed by atoms with Gasteiger partial charge in [-0.1, -0.05) is 31.2 Å². The van der Waals surface area contributed by atoms with Gasteiger partial charge in [-0.05, 0) is 54.3 Å². The number of nitrogen functional groups attached to an aromatic ring is 1. The molecule has 0 radical (unpaired) electrons. The Balaban J connectivity index is 1.42. The van der Waals surface area contributed by atoms with Crippen LogP contribution in [0.25, 0.3) is 33.4 Å². The van der Waals surface area contributed by atoms with Gasteiger partial charge in [-0.2, -0.15) is 0 Å². The van der Waals surface area contributed by atoms with Crippen molar-refractivity contribution in [3.63, 3.8) is 0 Å². The van der Waals surface area contributed by atoms with Crippen molar-refractivity contribution in [1.82, 2.24) is 24.5 Å². The van der Waals surface area contributed by atoms with Crippen molar-refractivity contribution in [2.24, 2.45) is 13.0 Å². The van der Waals surface area contributed by atoms with E-state index in [1.807, 2.05) is 78.0 Å². The number of carbonyl (C=O) groups excluding carboxylic acids is 1. The Labute approximate surface area is 220 Å². The third-order valence-corrected chi connectivity index (χ3v) is 6.89. The lowest BCUT2D eigenvalue weighted by molar-refractivity contribution is -0.117. The van der Waals surface area contributed by atoms with Crippen LogP contribution in [0.4, 0.5) is 11.5 Å². The van der Waals surface area contributed by atoms with Crippen LogP contribution in [0.1, 0.15) is 19.0 Å². The van der Waals surface area contributed by atoms with Gasteiger partial charge in [0.25, 0.3) is 0 Å². The summed E-state index contributed by atoms with van der Waals surface area (Å²) in [7, 11) is 1.97. The van der Waals surface area contributed by atoms with Crippen molar-refractivity contribution in [2.75, 3.05) is 17.2 Å². The van der Waals surface area contributed by atoms with Crippen molar-refractivity contribution in [1.29, 1.82) is 0 Å². The van der Waals surface area contributed by atoms with E-state index in [9.17, 15) is 4.79 Å². The number of ether oxygens (including phenoxy) is 1. The van der Waals surface area contributed by atoms with Crippen LogP contribution in [0.5, 0.6) is 11.8 Å². The Morgan fingerprint density at radius 3 is 2.39 bits per heavy atom. The molecular weight excluding hydrogens is 478 g/mol. The number of nitrogens with two attached hydrogens (primary N) is 1. The van der Waals surface area contributed by atoms with E-state index in [4.69, 9.17) is 10.5 Å². The van der Waals surface area contributed by atoms with Crippen LogP contribution < -0.4 is 15.4 Å². The van der Waals surface area contributed by atoms with E-state index in [1.54, 1.807) is 6.20 Å². The molecule has 0 aliphatic carbocycles. The fourth-order valence-corrected chi connectivity index (χ4v) is 5.10. The smallest absolute Gasteiger partial charge is 0.322 e. The number of aromatic nitrogens is 5. The van der Waals surface area contributed by atoms with Crippen LogP contribution >= 0.6 is 0 Å². The van der Waals surface area contributed by atoms with Gasteiger partial charge >= 0.3 is 6.01 Å². The van der Waals surface area contributed by atoms with Crippen LogP contribution in [-0.4, -0.2) is 37.0 Å². The molecule has 0 unspecified atom stereocenters. The number of hydrogen-bond donors (Lipinski definition) is 1. The largest absolute Gasteiger partial charge is 0.424 e. The van der Waals surface area contributed by atoms with E-state index in [-0.39, 0.29) is 5.91 Å². The maximum absolute atomic E-state index is 12.4. The zero-order chi connectivity index (χ0) is 26.4. The Hall–Kier alpha value is -4.79. The molecule has 1 aliphatic rings. The SMILES string of the molecule is Cc1ccnc(Oc2ccc(-c3c(-c4ccc(N5C[C@H](C)CC5=O)cc4)n(C)c4ncnc(N)c34)cc2)n1. The van der Waals surface area contributed by atoms with Crippen molar-refractivity contribution in [2.45, 2.75) is 20.3 Å². The molecular formula is C29H27N7O2. The summed E-state index contributed by atoms with van der Waals surface area (Å²) < 4.78 is 7.88. The average Bonchev–Trinajstić information content (AvgIpc) is 3.41. The lowest BCUT2D eigenvalue weighted by Crippen LogP contribution is -2.24. The predicted molar refractivity (Wildman–Crippen MR) is 147 cm³/mol. The highest BCUT2D eigenvalue weighted by Gasteiger charge is 2.28. The number of nitrogens with zero attached hydrogens (tertiary/aromatic N) is 6. The summed E-state index contributed by atoms with van der Waals surface area (Å²) in [4.78, 5) is 31.6. The Kier molecular flexibility index (Phi) is 5.75. The molecule has 4 heterocycles. The third kappa shape index (κ3) is 4.11. The van der Waals surface area contributed by atoms with Crippen molar-refractivity contribution in [3.8, 4) is 34.1 Å². The van der Waals surface area contributed by atoms with E-state index < -0.39 is 0 Å². The summed E-state index contributed by atoms with van der Waals surface area (Å²) in [5, 5.41) is 0.785. The molecule has 1 atom stereocenters. The highest BCUT2D eigenvalue weighted by Crippen LogP contribution is 2.42. The zero-order valence-electron chi connectivity index (χ0n) is 21.4. The van der Waals surface area contributed by atoms with Crippen molar-refractivity contribution >= 4 is 28.4 Å². The molecule has 38 heavy (non-hydrogen) atoms. The number of hydrogen-bond acceptors (Lipinski definition) is 7. The van der Waals surface area contributed by atoms with Gasteiger partial charge in [-0.3, -0.25) is 4.79 Å². The number of fused-ring (bicyclic) bond motifs is 1. The third-order valence-electron chi connectivity index (χ3n) is 6.89. The fourth-order valence-electron chi connectivity index (χ4n) is 5.10. The lowest BCUT2D eigenvalue weighted by atomic mass is 9.98. The van der Waals surface area contributed by atoms with E-state index in [0.29, 0.717) is 29.9 Å². The summed E-state index contributed by atoms with van der Waals surface area (Å²) in [5.74, 6) is 1.56. The van der Waals surface area contributed by atoms with Crippen LogP contribution in [-0.2, 0) is 11.8 Å². The number of carbonyl (C=O) groups is 1. The number of anilines is 2. The molecule has 2 aromatic carbocycles. The first-order valence-electron chi connectivity index (χ1n) is 12.5. The maximum Gasteiger partial charge on any atom is 0.322 e. The highest BCUT2D eigenvalue weighted by atomic mass is 16.5. The summed E-state index contributed by atoms with van der Waals surface area (Å²) in [6.07, 6.45) is 3.73. The first kappa shape index (κ1) is 23.6. The molecule has 1 aliphatic heterocycles. The quantitative estimate of drug-likeness (QED) is 0.352.